The molecule has 108 valence electrons. The Labute approximate surface area is 123 Å². The Morgan fingerprint density at radius 1 is 1.29 bits per heavy atom. The zero-order valence-electron chi connectivity index (χ0n) is 11.5. The van der Waals surface area contributed by atoms with E-state index in [4.69, 9.17) is 0 Å². The molecule has 1 aliphatic rings. The number of carbonyl (C=O) groups is 1. The molecule has 5 nitrogen and oxygen atoms in total. The van der Waals surface area contributed by atoms with Crippen LogP contribution < -0.4 is 10.6 Å². The molecular weight excluding hydrogens is 266 g/mol. The predicted molar refractivity (Wildman–Crippen MR) is 78.5 cm³/mol. The molecule has 0 spiro atoms. The van der Waals surface area contributed by atoms with E-state index in [1.165, 1.54) is 0 Å². The fraction of sp³-hybridized carbons (Fsp3) is 0.250. The van der Waals surface area contributed by atoms with Crippen LogP contribution in [0.4, 0.5) is 4.79 Å². The van der Waals surface area contributed by atoms with Gasteiger partial charge in [0, 0.05) is 25.4 Å². The number of aliphatic hydroxyl groups is 1. The summed E-state index contributed by atoms with van der Waals surface area (Å²) in [5, 5.41) is 15.7. The van der Waals surface area contributed by atoms with E-state index >= 15 is 0 Å². The number of hydrogen-bond donors (Lipinski definition) is 3. The monoisotopic (exact) mass is 283 g/mol. The van der Waals surface area contributed by atoms with Crippen LogP contribution >= 0.6 is 0 Å². The first-order valence-corrected chi connectivity index (χ1v) is 6.93. The first-order valence-electron chi connectivity index (χ1n) is 6.93. The van der Waals surface area contributed by atoms with Gasteiger partial charge in [-0.25, -0.2) is 4.79 Å². The lowest BCUT2D eigenvalue weighted by Gasteiger charge is -2.18. The van der Waals surface area contributed by atoms with Crippen molar-refractivity contribution in [3.63, 3.8) is 0 Å². The minimum absolute atomic E-state index is 0.292. The number of urea groups is 1. The summed E-state index contributed by atoms with van der Waals surface area (Å²) < 4.78 is 0. The van der Waals surface area contributed by atoms with E-state index < -0.39 is 6.10 Å². The van der Waals surface area contributed by atoms with E-state index in [-0.39, 0.29) is 12.1 Å². The Morgan fingerprint density at radius 2 is 2.14 bits per heavy atom. The second kappa shape index (κ2) is 5.93. The van der Waals surface area contributed by atoms with E-state index in [1.807, 2.05) is 36.4 Å². The quantitative estimate of drug-likeness (QED) is 0.800. The van der Waals surface area contributed by atoms with Gasteiger partial charge in [0.15, 0.2) is 0 Å². The van der Waals surface area contributed by atoms with Crippen molar-refractivity contribution in [1.82, 2.24) is 15.6 Å². The average molecular weight is 283 g/mol. The summed E-state index contributed by atoms with van der Waals surface area (Å²) in [5.41, 5.74) is 3.00. The van der Waals surface area contributed by atoms with Crippen LogP contribution in [0.5, 0.6) is 0 Å². The summed E-state index contributed by atoms with van der Waals surface area (Å²) in [6, 6.07) is 10.9. The molecule has 0 fully saturated rings. The summed E-state index contributed by atoms with van der Waals surface area (Å²) in [7, 11) is 0. The van der Waals surface area contributed by atoms with Crippen LogP contribution in [0.1, 0.15) is 22.7 Å². The van der Waals surface area contributed by atoms with Crippen molar-refractivity contribution >= 4 is 6.03 Å². The van der Waals surface area contributed by atoms with E-state index in [9.17, 15) is 9.90 Å². The summed E-state index contributed by atoms with van der Waals surface area (Å²) in [6.07, 6.45) is 3.39. The molecule has 3 N–H and O–H groups in total. The van der Waals surface area contributed by atoms with Crippen LogP contribution in [0, 0.1) is 0 Å². The Balaban J connectivity index is 1.60. The van der Waals surface area contributed by atoms with Crippen LogP contribution in [0.2, 0.25) is 0 Å². The Kier molecular flexibility index (Phi) is 3.83. The van der Waals surface area contributed by atoms with Gasteiger partial charge in [0.2, 0.25) is 0 Å². The van der Waals surface area contributed by atoms with Crippen LogP contribution in [0.15, 0.2) is 48.8 Å². The highest BCUT2D eigenvalue weighted by Crippen LogP contribution is 2.30. The normalized spacial score (nSPS) is 19.9. The van der Waals surface area contributed by atoms with E-state index in [2.05, 4.69) is 15.6 Å². The van der Waals surface area contributed by atoms with Gasteiger partial charge in [0.05, 0.1) is 12.1 Å². The van der Waals surface area contributed by atoms with Crippen LogP contribution in [-0.2, 0) is 13.0 Å². The topological polar surface area (TPSA) is 74.2 Å². The molecule has 0 radical (unpaired) electrons. The van der Waals surface area contributed by atoms with Gasteiger partial charge in [-0.3, -0.25) is 4.98 Å². The first-order chi connectivity index (χ1) is 10.2. The molecule has 2 aromatic rings. The van der Waals surface area contributed by atoms with Crippen molar-refractivity contribution in [3.05, 3.63) is 65.5 Å². The van der Waals surface area contributed by atoms with Gasteiger partial charge in [-0.15, -0.1) is 0 Å². The fourth-order valence-electron chi connectivity index (χ4n) is 2.63. The van der Waals surface area contributed by atoms with Crippen LogP contribution in [0.25, 0.3) is 0 Å². The lowest BCUT2D eigenvalue weighted by Crippen LogP contribution is -2.40. The number of aromatic nitrogens is 1. The second-order valence-corrected chi connectivity index (χ2v) is 5.14. The summed E-state index contributed by atoms with van der Waals surface area (Å²) in [6.45, 7) is 0.407. The Bertz CT molecular complexity index is 630. The summed E-state index contributed by atoms with van der Waals surface area (Å²) in [4.78, 5) is 16.0. The molecule has 0 unspecified atom stereocenters. The Morgan fingerprint density at radius 3 is 2.95 bits per heavy atom. The number of rotatable bonds is 3. The van der Waals surface area contributed by atoms with E-state index in [0.717, 1.165) is 16.7 Å². The molecule has 1 aliphatic carbocycles. The van der Waals surface area contributed by atoms with Crippen LogP contribution in [0.3, 0.4) is 0 Å². The predicted octanol–water partition coefficient (Wildman–Crippen LogP) is 1.54. The van der Waals surface area contributed by atoms with E-state index in [1.54, 1.807) is 12.4 Å². The molecular formula is C16H17N3O2. The molecule has 2 amide bonds. The van der Waals surface area contributed by atoms with Gasteiger partial charge in [-0.1, -0.05) is 30.3 Å². The molecule has 5 heteroatoms. The molecule has 0 bridgehead atoms. The number of carbonyl (C=O) groups excluding carboxylic acids is 1. The number of nitrogens with one attached hydrogen (secondary N) is 2. The largest absolute Gasteiger partial charge is 0.390 e. The lowest BCUT2D eigenvalue weighted by molar-refractivity contribution is 0.142. The van der Waals surface area contributed by atoms with Gasteiger partial charge in [-0.05, 0) is 22.8 Å². The zero-order chi connectivity index (χ0) is 14.7. The maximum Gasteiger partial charge on any atom is 0.315 e. The number of hydrogen-bond acceptors (Lipinski definition) is 3. The van der Waals surface area contributed by atoms with Gasteiger partial charge >= 0.3 is 6.03 Å². The molecule has 0 saturated heterocycles. The maximum absolute atomic E-state index is 12.0. The highest BCUT2D eigenvalue weighted by molar-refractivity contribution is 5.74. The van der Waals surface area contributed by atoms with Crippen molar-refractivity contribution in [2.45, 2.75) is 25.1 Å². The van der Waals surface area contributed by atoms with Gasteiger partial charge in [0.25, 0.3) is 0 Å². The number of pyridine rings is 1. The number of benzene rings is 1. The maximum atomic E-state index is 12.0. The SMILES string of the molecule is O=C(NCc1cccnc1)N[C@@H]1c2ccccc2C[C@@H]1O. The summed E-state index contributed by atoms with van der Waals surface area (Å²) in [5.74, 6) is 0. The fourth-order valence-corrected chi connectivity index (χ4v) is 2.63. The third-order valence-corrected chi connectivity index (χ3v) is 3.67. The number of aliphatic hydroxyl groups excluding tert-OH is 1. The van der Waals surface area contributed by atoms with Crippen molar-refractivity contribution < 1.29 is 9.90 Å². The average Bonchev–Trinajstić information content (AvgIpc) is 2.82. The van der Waals surface area contributed by atoms with E-state index in [0.29, 0.717) is 13.0 Å². The molecule has 0 saturated carbocycles. The highest BCUT2D eigenvalue weighted by Gasteiger charge is 2.31. The second-order valence-electron chi connectivity index (χ2n) is 5.14. The minimum Gasteiger partial charge on any atom is -0.390 e. The van der Waals surface area contributed by atoms with Gasteiger partial charge < -0.3 is 15.7 Å². The minimum atomic E-state index is -0.577. The molecule has 3 rings (SSSR count). The van der Waals surface area contributed by atoms with Gasteiger partial charge in [0.1, 0.15) is 0 Å². The number of fused-ring (bicyclic) bond motifs is 1. The number of nitrogens with zero attached hydrogens (tertiary/aromatic N) is 1. The zero-order valence-corrected chi connectivity index (χ0v) is 11.5. The molecule has 1 aromatic heterocycles. The summed E-state index contributed by atoms with van der Waals surface area (Å²) >= 11 is 0. The van der Waals surface area contributed by atoms with Gasteiger partial charge in [-0.2, -0.15) is 0 Å². The molecule has 1 aromatic carbocycles. The van der Waals surface area contributed by atoms with Crippen LogP contribution in [-0.4, -0.2) is 22.2 Å². The third-order valence-electron chi connectivity index (χ3n) is 3.67. The molecule has 21 heavy (non-hydrogen) atoms. The van der Waals surface area contributed by atoms with Crippen molar-refractivity contribution in [1.29, 1.82) is 0 Å². The highest BCUT2D eigenvalue weighted by atomic mass is 16.3. The molecule has 1 heterocycles. The lowest BCUT2D eigenvalue weighted by atomic mass is 10.1. The standard InChI is InChI=1S/C16H17N3O2/c20-14-8-12-5-1-2-6-13(12)15(14)19-16(21)18-10-11-4-3-7-17-9-11/h1-7,9,14-15,20H,8,10H2,(H2,18,19,21)/t14-,15+/m0/s1. The third kappa shape index (κ3) is 3.03. The number of amides is 2. The smallest absolute Gasteiger partial charge is 0.315 e. The molecule has 2 atom stereocenters. The molecule has 0 aliphatic heterocycles. The van der Waals surface area contributed by atoms with Crippen molar-refractivity contribution in [3.8, 4) is 0 Å². The van der Waals surface area contributed by atoms with Crippen molar-refractivity contribution in [2.75, 3.05) is 0 Å². The Hall–Kier alpha value is -2.40. The van der Waals surface area contributed by atoms with Crippen molar-refractivity contribution in [2.24, 2.45) is 0 Å². The first kappa shape index (κ1) is 13.6.